The Labute approximate surface area is 142 Å². The highest BCUT2D eigenvalue weighted by Gasteiger charge is 2.36. The van der Waals surface area contributed by atoms with E-state index in [-0.39, 0.29) is 23.6 Å². The van der Waals surface area contributed by atoms with Crippen LogP contribution in [0.5, 0.6) is 11.5 Å². The number of ether oxygens (including phenoxy) is 2. The molecule has 2 aliphatic heterocycles. The molecule has 24 heavy (non-hydrogen) atoms. The molecule has 3 rings (SSSR count). The normalized spacial score (nSPS) is 24.2. The number of nitrogens with zero attached hydrogens (tertiary/aromatic N) is 1. The van der Waals surface area contributed by atoms with Gasteiger partial charge in [0.2, 0.25) is 6.10 Å². The summed E-state index contributed by atoms with van der Waals surface area (Å²) < 4.78 is 11.3. The summed E-state index contributed by atoms with van der Waals surface area (Å²) >= 11 is 0. The maximum Gasteiger partial charge on any atom is 0.284 e. The molecule has 6 nitrogen and oxygen atoms in total. The van der Waals surface area contributed by atoms with Crippen LogP contribution >= 0.6 is 0 Å². The molecule has 0 spiro atoms. The molecule has 2 heterocycles. The number of carbonyl (C=O) groups is 1. The predicted octanol–water partition coefficient (Wildman–Crippen LogP) is 2.24. The van der Waals surface area contributed by atoms with Gasteiger partial charge in [-0.2, -0.15) is 5.10 Å². The number of hydrogen-bond acceptors (Lipinski definition) is 5. The van der Waals surface area contributed by atoms with Gasteiger partial charge in [0.05, 0.1) is 0 Å². The van der Waals surface area contributed by atoms with Crippen molar-refractivity contribution in [3.63, 3.8) is 0 Å². The molecule has 2 N–H and O–H groups in total. The Kier molecular flexibility index (Phi) is 4.25. The molecule has 1 amide bonds. The predicted molar refractivity (Wildman–Crippen MR) is 92.5 cm³/mol. The number of hydrogen-bond donors (Lipinski definition) is 2. The summed E-state index contributed by atoms with van der Waals surface area (Å²) in [6.07, 6.45) is 0.898. The first-order valence-electron chi connectivity index (χ1n) is 8.27. The van der Waals surface area contributed by atoms with Gasteiger partial charge in [0.1, 0.15) is 6.61 Å². The second kappa shape index (κ2) is 6.09. The molecule has 0 unspecified atom stereocenters. The summed E-state index contributed by atoms with van der Waals surface area (Å²) in [7, 11) is 0. The monoisotopic (exact) mass is 331 g/mol. The van der Waals surface area contributed by atoms with Crippen molar-refractivity contribution in [2.75, 3.05) is 6.61 Å². The van der Waals surface area contributed by atoms with Crippen LogP contribution in [0.1, 0.15) is 40.5 Å². The third kappa shape index (κ3) is 3.87. The van der Waals surface area contributed by atoms with E-state index in [0.29, 0.717) is 11.5 Å². The summed E-state index contributed by atoms with van der Waals surface area (Å²) in [5.41, 5.74) is 3.53. The van der Waals surface area contributed by atoms with Crippen LogP contribution in [0.3, 0.4) is 0 Å². The van der Waals surface area contributed by atoms with Gasteiger partial charge in [-0.1, -0.05) is 12.1 Å². The number of hydrazone groups is 1. The van der Waals surface area contributed by atoms with E-state index in [0.717, 1.165) is 18.6 Å². The molecule has 0 aliphatic carbocycles. The Morgan fingerprint density at radius 3 is 2.46 bits per heavy atom. The van der Waals surface area contributed by atoms with Crippen molar-refractivity contribution in [3.05, 3.63) is 24.3 Å². The van der Waals surface area contributed by atoms with E-state index in [4.69, 9.17) is 9.47 Å². The fraction of sp³-hybridized carbons (Fsp3) is 0.556. The fourth-order valence-electron chi connectivity index (χ4n) is 3.52. The SMILES string of the molecule is CC1(C)CC(=NNC(=O)[C@H]2COc3ccccc3O2)CC(C)(C)N1. The highest BCUT2D eigenvalue weighted by atomic mass is 16.6. The first kappa shape index (κ1) is 16.8. The minimum absolute atomic E-state index is 0.0469. The zero-order valence-electron chi connectivity index (χ0n) is 14.7. The van der Waals surface area contributed by atoms with Crippen molar-refractivity contribution in [1.29, 1.82) is 0 Å². The Hall–Kier alpha value is -2.08. The summed E-state index contributed by atoms with van der Waals surface area (Å²) in [6, 6.07) is 7.33. The highest BCUT2D eigenvalue weighted by Crippen LogP contribution is 2.31. The lowest BCUT2D eigenvalue weighted by atomic mass is 9.81. The number of rotatable bonds is 2. The summed E-state index contributed by atoms with van der Waals surface area (Å²) in [6.45, 7) is 8.74. The van der Waals surface area contributed by atoms with Crippen LogP contribution in [-0.2, 0) is 4.79 Å². The Morgan fingerprint density at radius 1 is 1.17 bits per heavy atom. The van der Waals surface area contributed by atoms with Crippen molar-refractivity contribution in [1.82, 2.24) is 10.7 Å². The first-order valence-corrected chi connectivity index (χ1v) is 8.27. The minimum Gasteiger partial charge on any atom is -0.485 e. The quantitative estimate of drug-likeness (QED) is 0.815. The molecule has 2 aliphatic rings. The molecule has 1 fully saturated rings. The van der Waals surface area contributed by atoms with E-state index in [1.165, 1.54) is 0 Å². The van der Waals surface area contributed by atoms with Gasteiger partial charge < -0.3 is 14.8 Å². The van der Waals surface area contributed by atoms with E-state index < -0.39 is 6.10 Å². The summed E-state index contributed by atoms with van der Waals surface area (Å²) in [5, 5.41) is 7.93. The number of nitrogens with one attached hydrogen (secondary N) is 2. The average molecular weight is 331 g/mol. The fourth-order valence-corrected chi connectivity index (χ4v) is 3.52. The lowest BCUT2D eigenvalue weighted by molar-refractivity contribution is -0.130. The van der Waals surface area contributed by atoms with Gasteiger partial charge in [0, 0.05) is 29.6 Å². The largest absolute Gasteiger partial charge is 0.485 e. The van der Waals surface area contributed by atoms with Gasteiger partial charge in [-0.05, 0) is 39.8 Å². The van der Waals surface area contributed by atoms with Crippen LogP contribution in [0.25, 0.3) is 0 Å². The van der Waals surface area contributed by atoms with Gasteiger partial charge in [0.25, 0.3) is 5.91 Å². The molecule has 1 aromatic carbocycles. The van der Waals surface area contributed by atoms with Gasteiger partial charge in [-0.25, -0.2) is 5.43 Å². The van der Waals surface area contributed by atoms with Crippen LogP contribution in [0.15, 0.2) is 29.4 Å². The van der Waals surface area contributed by atoms with Gasteiger partial charge >= 0.3 is 0 Å². The smallest absolute Gasteiger partial charge is 0.284 e. The number of fused-ring (bicyclic) bond motifs is 1. The highest BCUT2D eigenvalue weighted by molar-refractivity contribution is 5.89. The minimum atomic E-state index is -0.688. The molecule has 1 atom stereocenters. The van der Waals surface area contributed by atoms with Gasteiger partial charge in [0.15, 0.2) is 11.5 Å². The second-order valence-corrected chi connectivity index (χ2v) is 7.76. The third-order valence-corrected chi connectivity index (χ3v) is 4.09. The number of benzene rings is 1. The topological polar surface area (TPSA) is 72.0 Å². The van der Waals surface area contributed by atoms with Crippen molar-refractivity contribution < 1.29 is 14.3 Å². The summed E-state index contributed by atoms with van der Waals surface area (Å²) in [5.74, 6) is 0.960. The average Bonchev–Trinajstić information content (AvgIpc) is 2.49. The maximum atomic E-state index is 12.3. The molecule has 0 radical (unpaired) electrons. The Balaban J connectivity index is 1.63. The van der Waals surface area contributed by atoms with E-state index in [1.54, 1.807) is 6.07 Å². The molecular weight excluding hydrogens is 306 g/mol. The lowest BCUT2D eigenvalue weighted by Gasteiger charge is -2.43. The molecular formula is C18H25N3O3. The number of amides is 1. The second-order valence-electron chi connectivity index (χ2n) is 7.76. The molecule has 0 bridgehead atoms. The molecule has 0 saturated carbocycles. The third-order valence-electron chi connectivity index (χ3n) is 4.09. The van der Waals surface area contributed by atoms with Crippen LogP contribution in [0.4, 0.5) is 0 Å². The first-order chi connectivity index (χ1) is 11.2. The van der Waals surface area contributed by atoms with Crippen LogP contribution in [0, 0.1) is 0 Å². The van der Waals surface area contributed by atoms with E-state index in [9.17, 15) is 4.79 Å². The van der Waals surface area contributed by atoms with Gasteiger partial charge in [-0.15, -0.1) is 0 Å². The number of carbonyl (C=O) groups excluding carboxylic acids is 1. The maximum absolute atomic E-state index is 12.3. The van der Waals surface area contributed by atoms with Crippen LogP contribution in [-0.4, -0.2) is 35.4 Å². The van der Waals surface area contributed by atoms with E-state index in [2.05, 4.69) is 43.5 Å². The zero-order valence-corrected chi connectivity index (χ0v) is 14.7. The van der Waals surface area contributed by atoms with Crippen molar-refractivity contribution >= 4 is 11.6 Å². The Bertz CT molecular complexity index is 649. The van der Waals surface area contributed by atoms with Crippen LogP contribution < -0.4 is 20.2 Å². The molecule has 6 heteroatoms. The van der Waals surface area contributed by atoms with Crippen molar-refractivity contribution in [2.24, 2.45) is 5.10 Å². The van der Waals surface area contributed by atoms with Crippen LogP contribution in [0.2, 0.25) is 0 Å². The van der Waals surface area contributed by atoms with Crippen molar-refractivity contribution in [3.8, 4) is 11.5 Å². The molecule has 0 aromatic heterocycles. The van der Waals surface area contributed by atoms with E-state index in [1.807, 2.05) is 18.2 Å². The molecule has 1 saturated heterocycles. The standard InChI is InChI=1S/C18H25N3O3/c1-17(2)9-12(10-18(3,4)21-17)19-20-16(22)15-11-23-13-7-5-6-8-14(13)24-15/h5-8,15,21H,9-11H2,1-4H3,(H,20,22)/t15-/m1/s1. The zero-order chi connectivity index (χ0) is 17.4. The number of piperidine rings is 1. The Morgan fingerprint density at radius 2 is 1.79 bits per heavy atom. The van der Waals surface area contributed by atoms with E-state index >= 15 is 0 Å². The van der Waals surface area contributed by atoms with Crippen molar-refractivity contribution in [2.45, 2.75) is 57.7 Å². The molecule has 1 aromatic rings. The number of para-hydroxylation sites is 2. The molecule has 130 valence electrons. The van der Waals surface area contributed by atoms with Gasteiger partial charge in [-0.3, -0.25) is 4.79 Å². The summed E-state index contributed by atoms with van der Waals surface area (Å²) in [4.78, 5) is 12.3. The lowest BCUT2D eigenvalue weighted by Crippen LogP contribution is -2.58.